The minimum Gasteiger partial charge on any atom is -0.0838 e. The molecule has 3 aliphatic rings. The van der Waals surface area contributed by atoms with E-state index in [1.165, 1.54) is 177 Å². The monoisotopic (exact) mass is 1070 g/mol. The van der Waals surface area contributed by atoms with Crippen LogP contribution in [0.2, 0.25) is 0 Å². The molecule has 16 rings (SSSR count). The zero-order chi connectivity index (χ0) is 56.6. The highest BCUT2D eigenvalue weighted by molar-refractivity contribution is 6.15. The number of fused-ring (bicyclic) bond motifs is 10. The highest BCUT2D eigenvalue weighted by Crippen LogP contribution is 2.54. The van der Waals surface area contributed by atoms with Crippen molar-refractivity contribution < 1.29 is 0 Å². The third-order valence-electron chi connectivity index (χ3n) is 19.9. The predicted molar refractivity (Wildman–Crippen MR) is 358 cm³/mol. The Bertz CT molecular complexity index is 4850. The molecule has 0 bridgehead atoms. The van der Waals surface area contributed by atoms with Crippen LogP contribution >= 0.6 is 0 Å². The smallest absolute Gasteiger partial charge is 0.0159 e. The van der Waals surface area contributed by atoms with Crippen LogP contribution in [0.15, 0.2) is 255 Å². The zero-order valence-electron chi connectivity index (χ0n) is 48.7. The number of hydrogen-bond donors (Lipinski definition) is 0. The van der Waals surface area contributed by atoms with Crippen molar-refractivity contribution in [2.75, 3.05) is 0 Å². The van der Waals surface area contributed by atoms with E-state index in [1.807, 2.05) is 0 Å². The van der Waals surface area contributed by atoms with Crippen molar-refractivity contribution in [3.63, 3.8) is 0 Å². The van der Waals surface area contributed by atoms with Gasteiger partial charge in [-0.05, 0) is 228 Å². The molecule has 0 saturated carbocycles. The van der Waals surface area contributed by atoms with Crippen molar-refractivity contribution in [1.29, 1.82) is 0 Å². The first-order chi connectivity index (χ1) is 41.0. The summed E-state index contributed by atoms with van der Waals surface area (Å²) in [6.45, 7) is 14.2. The van der Waals surface area contributed by atoms with Crippen molar-refractivity contribution >= 4 is 32.3 Å². The van der Waals surface area contributed by atoms with Gasteiger partial charge in [0.2, 0.25) is 0 Å². The van der Waals surface area contributed by atoms with Crippen molar-refractivity contribution in [3.8, 4) is 100 Å². The molecule has 0 unspecified atom stereocenters. The van der Waals surface area contributed by atoms with E-state index in [9.17, 15) is 0 Å². The Morgan fingerprint density at radius 1 is 0.238 bits per heavy atom. The van der Waals surface area contributed by atoms with E-state index in [0.717, 1.165) is 12.8 Å². The lowest BCUT2D eigenvalue weighted by molar-refractivity contribution is 0.660. The maximum atomic E-state index is 2.47. The molecule has 0 saturated heterocycles. The maximum Gasteiger partial charge on any atom is 0.0159 e. The Labute approximate surface area is 494 Å². The summed E-state index contributed by atoms with van der Waals surface area (Å²) in [7, 11) is 0. The van der Waals surface area contributed by atoms with Crippen LogP contribution in [0.3, 0.4) is 0 Å². The summed E-state index contributed by atoms with van der Waals surface area (Å²) in [6.07, 6.45) is 6.67. The second-order valence-corrected chi connectivity index (χ2v) is 25.1. The molecule has 84 heavy (non-hydrogen) atoms. The maximum absolute atomic E-state index is 2.47. The summed E-state index contributed by atoms with van der Waals surface area (Å²) in [5.74, 6) is 0. The van der Waals surface area contributed by atoms with Crippen molar-refractivity contribution in [2.24, 2.45) is 0 Å². The van der Waals surface area contributed by atoms with E-state index in [0.29, 0.717) is 0 Å². The van der Waals surface area contributed by atoms with Crippen LogP contribution in [0.25, 0.3) is 132 Å². The average Bonchev–Trinajstić information content (AvgIpc) is 2.30. The first-order valence-electron chi connectivity index (χ1n) is 30.1. The Morgan fingerprint density at radius 3 is 0.845 bits per heavy atom. The predicted octanol–water partition coefficient (Wildman–Crippen LogP) is 22.7. The fraction of sp³-hybridized carbons (Fsp3) is 0.119. The molecule has 0 amide bonds. The quantitative estimate of drug-likeness (QED) is 0.110. The molecule has 13 aromatic carbocycles. The molecule has 0 heterocycles. The minimum atomic E-state index is -0.160. The summed E-state index contributed by atoms with van der Waals surface area (Å²) in [4.78, 5) is 0. The number of aryl methyl sites for hydroxylation is 2. The highest BCUT2D eigenvalue weighted by atomic mass is 14.4. The van der Waals surface area contributed by atoms with Gasteiger partial charge >= 0.3 is 0 Å². The van der Waals surface area contributed by atoms with E-state index in [1.54, 1.807) is 0 Å². The molecule has 0 atom stereocenters. The lowest BCUT2D eigenvalue weighted by Crippen LogP contribution is -2.15. The normalized spacial score (nSPS) is 14.1. The molecule has 0 fully saturated rings. The number of allylic oxidation sites excluding steroid dienone is 2. The minimum absolute atomic E-state index is 0.157. The summed E-state index contributed by atoms with van der Waals surface area (Å²) in [6, 6.07) is 92.0. The Balaban J connectivity index is 0.630. The van der Waals surface area contributed by atoms with E-state index in [-0.39, 0.29) is 10.8 Å². The standard InChI is InChI=1S/C84H64/c1-51-65-15-7-11-19-73(65)81(74-20-12-8-16-66(51)74)59-35-31-55(32-36-59)53-23-27-57(28-24-53)61-39-43-69-71-45-41-63(49-79(71)83(3,4)77(69)47-61)64-42-46-72-70-44-40-62(48-78(70)84(5,6)80(72)50-64)58-29-25-54(26-30-58)56-33-37-60(38-34-56)82-75-21-13-9-17-67(75)52(2)68-18-10-14-22-76(68)82/h7-17,19-21,23-50H,18,22H2,1-6H3. The van der Waals surface area contributed by atoms with Crippen LogP contribution in [0.5, 0.6) is 0 Å². The fourth-order valence-corrected chi connectivity index (χ4v) is 15.2. The molecule has 400 valence electrons. The van der Waals surface area contributed by atoms with Gasteiger partial charge in [0.25, 0.3) is 0 Å². The molecule has 13 aromatic rings. The molecular formula is C84H64. The Hall–Kier alpha value is -9.62. The lowest BCUT2D eigenvalue weighted by Gasteiger charge is -2.24. The van der Waals surface area contributed by atoms with E-state index >= 15 is 0 Å². The van der Waals surface area contributed by atoms with Crippen LogP contribution in [0, 0.1) is 13.8 Å². The molecule has 0 radical (unpaired) electrons. The van der Waals surface area contributed by atoms with E-state index in [4.69, 9.17) is 0 Å². The summed E-state index contributed by atoms with van der Waals surface area (Å²) in [5.41, 5.74) is 34.0. The highest BCUT2D eigenvalue weighted by Gasteiger charge is 2.38. The number of benzene rings is 13. The molecule has 0 heteroatoms. The van der Waals surface area contributed by atoms with Crippen molar-refractivity contribution in [2.45, 2.75) is 65.2 Å². The molecule has 0 aliphatic heterocycles. The van der Waals surface area contributed by atoms with Crippen LogP contribution in [0.1, 0.15) is 72.2 Å². The van der Waals surface area contributed by atoms with Gasteiger partial charge in [0.1, 0.15) is 0 Å². The van der Waals surface area contributed by atoms with Gasteiger partial charge in [-0.1, -0.05) is 258 Å². The van der Waals surface area contributed by atoms with Crippen molar-refractivity contribution in [1.82, 2.24) is 0 Å². The van der Waals surface area contributed by atoms with Gasteiger partial charge in [-0.25, -0.2) is 0 Å². The van der Waals surface area contributed by atoms with Gasteiger partial charge in [-0.2, -0.15) is 0 Å². The van der Waals surface area contributed by atoms with Crippen LogP contribution < -0.4 is 0 Å². The number of rotatable bonds is 7. The molecule has 0 aromatic heterocycles. The molecule has 0 N–H and O–H groups in total. The van der Waals surface area contributed by atoms with Gasteiger partial charge in [0, 0.05) is 10.8 Å². The van der Waals surface area contributed by atoms with Crippen LogP contribution in [-0.2, 0) is 23.7 Å². The summed E-state index contributed by atoms with van der Waals surface area (Å²) >= 11 is 0. The lowest BCUT2D eigenvalue weighted by atomic mass is 9.79. The van der Waals surface area contributed by atoms with Gasteiger partial charge in [0.05, 0.1) is 0 Å². The summed E-state index contributed by atoms with van der Waals surface area (Å²) in [5, 5.41) is 7.96. The number of hydrogen-bond acceptors (Lipinski definition) is 0. The topological polar surface area (TPSA) is 0 Å². The van der Waals surface area contributed by atoms with Gasteiger partial charge in [-0.15, -0.1) is 0 Å². The SMILES string of the molecule is Cc1c2c(c(-c3ccc(-c4ccc(-c5ccc6c(c5)C(C)(C)c5cc(-c7ccc8c(c7)C(C)(C)c7cc(-c9ccc(-c%10ccc(-c%11c%12ccccc%12c(C)c%12ccccc%11%12)cc%10)cc9)ccc7-8)ccc5-6)cc4)cc3)c3ccccc13)CC=CC2. The Morgan fingerprint density at radius 2 is 0.488 bits per heavy atom. The molecule has 0 nitrogen and oxygen atoms in total. The third kappa shape index (κ3) is 7.73. The average molecular weight is 1070 g/mol. The Kier molecular flexibility index (Phi) is 11.3. The zero-order valence-corrected chi connectivity index (χ0v) is 48.7. The molecule has 0 spiro atoms. The van der Waals surface area contributed by atoms with Crippen LogP contribution in [0.4, 0.5) is 0 Å². The molecule has 3 aliphatic carbocycles. The summed E-state index contributed by atoms with van der Waals surface area (Å²) < 4.78 is 0. The van der Waals surface area contributed by atoms with E-state index < -0.39 is 0 Å². The first-order valence-corrected chi connectivity index (χ1v) is 30.1. The second-order valence-electron chi connectivity index (χ2n) is 25.1. The van der Waals surface area contributed by atoms with Crippen molar-refractivity contribution in [3.05, 3.63) is 299 Å². The molecular weight excluding hydrogens is 1010 g/mol. The van der Waals surface area contributed by atoms with Gasteiger partial charge < -0.3 is 0 Å². The third-order valence-corrected chi connectivity index (χ3v) is 19.9. The second kappa shape index (κ2) is 19.0. The van der Waals surface area contributed by atoms with Gasteiger partial charge in [-0.3, -0.25) is 0 Å². The van der Waals surface area contributed by atoms with Crippen LogP contribution in [-0.4, -0.2) is 0 Å². The van der Waals surface area contributed by atoms with E-state index in [2.05, 4.69) is 296 Å². The first kappa shape index (κ1) is 50.1. The fourth-order valence-electron chi connectivity index (χ4n) is 15.2. The largest absolute Gasteiger partial charge is 0.0838 e. The van der Waals surface area contributed by atoms with Gasteiger partial charge in [0.15, 0.2) is 0 Å².